The highest BCUT2D eigenvalue weighted by Gasteiger charge is 2.29. The number of aromatic nitrogens is 1. The summed E-state index contributed by atoms with van der Waals surface area (Å²) in [6.07, 6.45) is 3.85. The van der Waals surface area contributed by atoms with Gasteiger partial charge >= 0.3 is 0 Å². The molecule has 2 rings (SSSR count). The van der Waals surface area contributed by atoms with Crippen molar-refractivity contribution in [3.63, 3.8) is 0 Å². The third-order valence-corrected chi connectivity index (χ3v) is 4.92. The second-order valence-electron chi connectivity index (χ2n) is 5.34. The van der Waals surface area contributed by atoms with Crippen molar-refractivity contribution in [2.75, 3.05) is 0 Å². The minimum atomic E-state index is 0.153. The molecule has 1 aromatic heterocycles. The fraction of sp³-hybridized carbons (Fsp3) is 0.769. The van der Waals surface area contributed by atoms with E-state index in [1.165, 1.54) is 19.3 Å². The topological polar surface area (TPSA) is 38.9 Å². The third kappa shape index (κ3) is 2.46. The zero-order chi connectivity index (χ0) is 11.7. The molecule has 1 heterocycles. The Kier molecular flexibility index (Phi) is 3.65. The summed E-state index contributed by atoms with van der Waals surface area (Å²) in [4.78, 5) is 4.52. The summed E-state index contributed by atoms with van der Waals surface area (Å²) in [5.41, 5.74) is 7.44. The molecule has 1 aliphatic rings. The number of thiazole rings is 1. The average Bonchev–Trinajstić information content (AvgIpc) is 2.68. The summed E-state index contributed by atoms with van der Waals surface area (Å²) < 4.78 is 0. The molecule has 90 valence electrons. The Morgan fingerprint density at radius 2 is 2.12 bits per heavy atom. The predicted octanol–water partition coefficient (Wildman–Crippen LogP) is 3.52. The Balaban J connectivity index is 2.02. The van der Waals surface area contributed by atoms with E-state index in [1.54, 1.807) is 11.3 Å². The van der Waals surface area contributed by atoms with Crippen LogP contribution in [0.25, 0.3) is 0 Å². The molecule has 4 atom stereocenters. The van der Waals surface area contributed by atoms with Crippen molar-refractivity contribution in [2.45, 2.75) is 46.1 Å². The van der Waals surface area contributed by atoms with E-state index < -0.39 is 0 Å². The zero-order valence-electron chi connectivity index (χ0n) is 10.4. The van der Waals surface area contributed by atoms with Gasteiger partial charge in [-0.2, -0.15) is 0 Å². The molecule has 3 heteroatoms. The van der Waals surface area contributed by atoms with Crippen LogP contribution >= 0.6 is 11.3 Å². The molecule has 0 aliphatic heterocycles. The molecule has 0 radical (unpaired) electrons. The van der Waals surface area contributed by atoms with E-state index in [2.05, 4.69) is 24.2 Å². The fourth-order valence-corrected chi connectivity index (χ4v) is 3.35. The van der Waals surface area contributed by atoms with Gasteiger partial charge in [-0.15, -0.1) is 11.3 Å². The van der Waals surface area contributed by atoms with Crippen LogP contribution < -0.4 is 5.73 Å². The molecule has 0 spiro atoms. The van der Waals surface area contributed by atoms with Gasteiger partial charge in [0, 0.05) is 5.38 Å². The van der Waals surface area contributed by atoms with E-state index in [1.807, 2.05) is 6.92 Å². The SMILES string of the molecule is Cc1nc(C(N)C2CCC(C)C(C)C2)cs1. The van der Waals surface area contributed by atoms with Gasteiger partial charge in [-0.05, 0) is 37.5 Å². The van der Waals surface area contributed by atoms with Crippen molar-refractivity contribution >= 4 is 11.3 Å². The van der Waals surface area contributed by atoms with Crippen molar-refractivity contribution in [1.82, 2.24) is 4.98 Å². The number of nitrogens with zero attached hydrogens (tertiary/aromatic N) is 1. The van der Waals surface area contributed by atoms with Crippen LogP contribution in [0.3, 0.4) is 0 Å². The quantitative estimate of drug-likeness (QED) is 0.856. The maximum Gasteiger partial charge on any atom is 0.0898 e. The van der Waals surface area contributed by atoms with Crippen LogP contribution in [0, 0.1) is 24.7 Å². The molecule has 2 N–H and O–H groups in total. The minimum absolute atomic E-state index is 0.153. The maximum absolute atomic E-state index is 6.33. The van der Waals surface area contributed by atoms with Crippen molar-refractivity contribution in [3.05, 3.63) is 16.1 Å². The van der Waals surface area contributed by atoms with Crippen molar-refractivity contribution in [1.29, 1.82) is 0 Å². The highest BCUT2D eigenvalue weighted by Crippen LogP contribution is 2.38. The summed E-state index contributed by atoms with van der Waals surface area (Å²) in [6, 6.07) is 0.153. The van der Waals surface area contributed by atoms with Crippen LogP contribution in [0.4, 0.5) is 0 Å². The lowest BCUT2D eigenvalue weighted by Gasteiger charge is -2.34. The molecule has 0 amide bonds. The zero-order valence-corrected chi connectivity index (χ0v) is 11.3. The normalized spacial score (nSPS) is 32.6. The van der Waals surface area contributed by atoms with E-state index in [4.69, 9.17) is 5.73 Å². The predicted molar refractivity (Wildman–Crippen MR) is 69.4 cm³/mol. The molecule has 0 saturated heterocycles. The smallest absolute Gasteiger partial charge is 0.0898 e. The van der Waals surface area contributed by atoms with Gasteiger partial charge in [0.1, 0.15) is 0 Å². The number of hydrogen-bond acceptors (Lipinski definition) is 3. The largest absolute Gasteiger partial charge is 0.322 e. The Hall–Kier alpha value is -0.410. The van der Waals surface area contributed by atoms with Crippen molar-refractivity contribution in [3.8, 4) is 0 Å². The van der Waals surface area contributed by atoms with Crippen LogP contribution in [0.1, 0.15) is 49.9 Å². The van der Waals surface area contributed by atoms with Crippen LogP contribution in [0.15, 0.2) is 5.38 Å². The van der Waals surface area contributed by atoms with Gasteiger partial charge < -0.3 is 5.73 Å². The van der Waals surface area contributed by atoms with Crippen molar-refractivity contribution in [2.24, 2.45) is 23.5 Å². The Labute approximate surface area is 102 Å². The molecule has 16 heavy (non-hydrogen) atoms. The highest BCUT2D eigenvalue weighted by molar-refractivity contribution is 7.09. The van der Waals surface area contributed by atoms with Gasteiger partial charge in [-0.25, -0.2) is 4.98 Å². The highest BCUT2D eigenvalue weighted by atomic mass is 32.1. The number of rotatable bonds is 2. The van der Waals surface area contributed by atoms with Crippen LogP contribution in [0.5, 0.6) is 0 Å². The summed E-state index contributed by atoms with van der Waals surface area (Å²) in [6.45, 7) is 6.77. The summed E-state index contributed by atoms with van der Waals surface area (Å²) in [5.74, 6) is 2.30. The van der Waals surface area contributed by atoms with Gasteiger partial charge in [0.2, 0.25) is 0 Å². The first kappa shape index (κ1) is 12.1. The standard InChI is InChI=1S/C13H22N2S/c1-8-4-5-11(6-9(8)2)13(14)12-7-16-10(3)15-12/h7-9,11,13H,4-6,14H2,1-3H3. The molecule has 0 bridgehead atoms. The Morgan fingerprint density at radius 3 is 2.69 bits per heavy atom. The number of nitrogens with two attached hydrogens (primary N) is 1. The second-order valence-corrected chi connectivity index (χ2v) is 6.41. The number of hydrogen-bond donors (Lipinski definition) is 1. The van der Waals surface area contributed by atoms with Gasteiger partial charge in [0.15, 0.2) is 0 Å². The second kappa shape index (κ2) is 4.84. The first-order valence-corrected chi connectivity index (χ1v) is 7.13. The fourth-order valence-electron chi connectivity index (χ4n) is 2.69. The lowest BCUT2D eigenvalue weighted by molar-refractivity contribution is 0.185. The lowest BCUT2D eigenvalue weighted by Crippen LogP contribution is -2.29. The summed E-state index contributed by atoms with van der Waals surface area (Å²) in [5, 5.41) is 3.26. The molecule has 1 aliphatic carbocycles. The van der Waals surface area contributed by atoms with Crippen LogP contribution in [-0.4, -0.2) is 4.98 Å². The van der Waals surface area contributed by atoms with Gasteiger partial charge in [-0.3, -0.25) is 0 Å². The monoisotopic (exact) mass is 238 g/mol. The first-order chi connectivity index (χ1) is 7.58. The molecule has 1 fully saturated rings. The first-order valence-electron chi connectivity index (χ1n) is 6.25. The van der Waals surface area contributed by atoms with Crippen LogP contribution in [0.2, 0.25) is 0 Å². The van der Waals surface area contributed by atoms with Gasteiger partial charge in [0.05, 0.1) is 16.7 Å². The minimum Gasteiger partial charge on any atom is -0.322 e. The summed E-state index contributed by atoms with van der Waals surface area (Å²) in [7, 11) is 0. The molecule has 4 unspecified atom stereocenters. The maximum atomic E-state index is 6.33. The Morgan fingerprint density at radius 1 is 1.38 bits per heavy atom. The van der Waals surface area contributed by atoms with E-state index in [0.717, 1.165) is 22.5 Å². The van der Waals surface area contributed by atoms with Crippen LogP contribution in [-0.2, 0) is 0 Å². The lowest BCUT2D eigenvalue weighted by atomic mass is 9.73. The molecular formula is C13H22N2S. The van der Waals surface area contributed by atoms with E-state index in [0.29, 0.717) is 5.92 Å². The molecule has 2 nitrogen and oxygen atoms in total. The summed E-state index contributed by atoms with van der Waals surface area (Å²) >= 11 is 1.71. The Bertz CT molecular complexity index is 347. The number of aryl methyl sites for hydroxylation is 1. The molecule has 0 aromatic carbocycles. The van der Waals surface area contributed by atoms with E-state index in [-0.39, 0.29) is 6.04 Å². The molecule has 1 saturated carbocycles. The molecule has 1 aromatic rings. The van der Waals surface area contributed by atoms with Gasteiger partial charge in [0.25, 0.3) is 0 Å². The van der Waals surface area contributed by atoms with E-state index in [9.17, 15) is 0 Å². The van der Waals surface area contributed by atoms with Crippen molar-refractivity contribution < 1.29 is 0 Å². The van der Waals surface area contributed by atoms with Gasteiger partial charge in [-0.1, -0.05) is 20.3 Å². The van der Waals surface area contributed by atoms with E-state index >= 15 is 0 Å². The average molecular weight is 238 g/mol. The molecular weight excluding hydrogens is 216 g/mol. The third-order valence-electron chi connectivity index (χ3n) is 4.12.